The number of pyridine rings is 1. The van der Waals surface area contributed by atoms with Gasteiger partial charge in [-0.2, -0.15) is 4.31 Å². The maximum absolute atomic E-state index is 13.5. The van der Waals surface area contributed by atoms with Gasteiger partial charge in [-0.05, 0) is 72.6 Å². The van der Waals surface area contributed by atoms with Gasteiger partial charge in [0.15, 0.2) is 0 Å². The summed E-state index contributed by atoms with van der Waals surface area (Å²) < 4.78 is 34.1. The normalized spacial score (nSPS) is 17.5. The van der Waals surface area contributed by atoms with Crippen LogP contribution in [-0.2, 0) is 14.8 Å². The number of anilines is 1. The number of sulfonamides is 1. The second-order valence-electron chi connectivity index (χ2n) is 9.45. The van der Waals surface area contributed by atoms with E-state index in [9.17, 15) is 13.2 Å². The molecule has 1 amide bonds. The van der Waals surface area contributed by atoms with Crippen LogP contribution >= 0.6 is 0 Å². The fourth-order valence-corrected chi connectivity index (χ4v) is 5.58. The van der Waals surface area contributed by atoms with E-state index >= 15 is 0 Å². The first-order chi connectivity index (χ1) is 14.9. The van der Waals surface area contributed by atoms with Crippen molar-refractivity contribution in [3.63, 3.8) is 0 Å². The molecule has 0 N–H and O–H groups in total. The molecule has 1 saturated heterocycles. The predicted octanol–water partition coefficient (Wildman–Crippen LogP) is 5.07. The lowest BCUT2D eigenvalue weighted by atomic mass is 10.1. The minimum Gasteiger partial charge on any atom is -0.443 e. The molecule has 1 unspecified atom stereocenters. The molecule has 0 spiro atoms. The minimum absolute atomic E-state index is 0.220. The molecule has 0 saturated carbocycles. The molecule has 1 fully saturated rings. The molecule has 7 nitrogen and oxygen atoms in total. The Hall–Kier alpha value is -2.45. The number of carbonyl (C=O) groups excluding carboxylic acids is 1. The maximum atomic E-state index is 13.5. The molecular weight excluding hydrogens is 426 g/mol. The number of hydrogen-bond acceptors (Lipinski definition) is 5. The number of hydrogen-bond donors (Lipinski definition) is 0. The van der Waals surface area contributed by atoms with E-state index < -0.39 is 27.8 Å². The number of nitrogens with zero attached hydrogens (tertiary/aromatic N) is 3. The SMILES string of the molecule is Cc1ccc(S(=O)(=O)N2CCCC2c2cccnc2N(C(=O)OC(C)(C)C)C(C)C)cc1. The summed E-state index contributed by atoms with van der Waals surface area (Å²) in [5.41, 5.74) is 1.05. The van der Waals surface area contributed by atoms with Gasteiger partial charge in [0.25, 0.3) is 0 Å². The molecule has 0 aliphatic carbocycles. The number of carbonyl (C=O) groups is 1. The lowest BCUT2D eigenvalue weighted by molar-refractivity contribution is 0.0568. The monoisotopic (exact) mass is 459 g/mol. The van der Waals surface area contributed by atoms with Crippen LogP contribution in [0.1, 0.15) is 64.6 Å². The second kappa shape index (κ2) is 9.19. The van der Waals surface area contributed by atoms with Crippen molar-refractivity contribution in [2.24, 2.45) is 0 Å². The molecule has 1 atom stereocenters. The van der Waals surface area contributed by atoms with Gasteiger partial charge in [0.1, 0.15) is 11.4 Å². The predicted molar refractivity (Wildman–Crippen MR) is 125 cm³/mol. The van der Waals surface area contributed by atoms with Crippen LogP contribution in [0.5, 0.6) is 0 Å². The number of ether oxygens (including phenoxy) is 1. The van der Waals surface area contributed by atoms with Gasteiger partial charge in [0.05, 0.1) is 10.9 Å². The van der Waals surface area contributed by atoms with Crippen molar-refractivity contribution in [3.05, 3.63) is 53.7 Å². The lowest BCUT2D eigenvalue weighted by Crippen LogP contribution is -2.42. The lowest BCUT2D eigenvalue weighted by Gasteiger charge is -2.32. The molecule has 1 aliphatic rings. The Kier molecular flexibility index (Phi) is 6.95. The van der Waals surface area contributed by atoms with Gasteiger partial charge in [-0.15, -0.1) is 0 Å². The molecule has 1 aromatic heterocycles. The smallest absolute Gasteiger partial charge is 0.416 e. The van der Waals surface area contributed by atoms with E-state index in [-0.39, 0.29) is 10.9 Å². The number of benzene rings is 1. The maximum Gasteiger partial charge on any atom is 0.416 e. The van der Waals surface area contributed by atoms with Crippen molar-refractivity contribution in [2.75, 3.05) is 11.4 Å². The minimum atomic E-state index is -3.69. The number of aryl methyl sites for hydroxylation is 1. The second-order valence-corrected chi connectivity index (χ2v) is 11.3. The molecule has 1 aromatic carbocycles. The molecule has 174 valence electrons. The summed E-state index contributed by atoms with van der Waals surface area (Å²) in [6.45, 7) is 11.6. The molecule has 0 radical (unpaired) electrons. The van der Waals surface area contributed by atoms with E-state index in [2.05, 4.69) is 4.98 Å². The molecule has 1 aliphatic heterocycles. The van der Waals surface area contributed by atoms with E-state index in [4.69, 9.17) is 4.74 Å². The van der Waals surface area contributed by atoms with Crippen molar-refractivity contribution in [1.82, 2.24) is 9.29 Å². The average molecular weight is 460 g/mol. The molecule has 2 heterocycles. The van der Waals surface area contributed by atoms with Crippen molar-refractivity contribution < 1.29 is 17.9 Å². The van der Waals surface area contributed by atoms with E-state index in [1.165, 1.54) is 9.21 Å². The van der Waals surface area contributed by atoms with Gasteiger partial charge in [0, 0.05) is 24.3 Å². The van der Waals surface area contributed by atoms with Crippen LogP contribution in [0.4, 0.5) is 10.6 Å². The highest BCUT2D eigenvalue weighted by Crippen LogP contribution is 2.40. The van der Waals surface area contributed by atoms with Crippen LogP contribution in [0.15, 0.2) is 47.5 Å². The van der Waals surface area contributed by atoms with E-state index in [1.807, 2.05) is 47.6 Å². The number of aromatic nitrogens is 1. The third-order valence-electron chi connectivity index (χ3n) is 5.34. The summed E-state index contributed by atoms with van der Waals surface area (Å²) in [6.07, 6.45) is 2.51. The van der Waals surface area contributed by atoms with Crippen molar-refractivity contribution in [2.45, 2.75) is 77.0 Å². The summed E-state index contributed by atoms with van der Waals surface area (Å²) in [5, 5.41) is 0. The summed E-state index contributed by atoms with van der Waals surface area (Å²) in [7, 11) is -3.69. The van der Waals surface area contributed by atoms with Gasteiger partial charge < -0.3 is 4.74 Å². The molecule has 32 heavy (non-hydrogen) atoms. The summed E-state index contributed by atoms with van der Waals surface area (Å²) in [4.78, 5) is 19.3. The molecule has 8 heteroatoms. The first kappa shape index (κ1) is 24.2. The highest BCUT2D eigenvalue weighted by Gasteiger charge is 2.39. The van der Waals surface area contributed by atoms with Crippen LogP contribution in [0.2, 0.25) is 0 Å². The summed E-state index contributed by atoms with van der Waals surface area (Å²) in [6, 6.07) is 9.90. The summed E-state index contributed by atoms with van der Waals surface area (Å²) >= 11 is 0. The van der Waals surface area contributed by atoms with Crippen LogP contribution in [-0.4, -0.2) is 42.0 Å². The quantitative estimate of drug-likeness (QED) is 0.624. The third-order valence-corrected chi connectivity index (χ3v) is 7.26. The molecular formula is C24H33N3O4S. The fraction of sp³-hybridized carbons (Fsp3) is 0.500. The van der Waals surface area contributed by atoms with Crippen molar-refractivity contribution in [3.8, 4) is 0 Å². The highest BCUT2D eigenvalue weighted by molar-refractivity contribution is 7.89. The molecule has 3 rings (SSSR count). The number of amides is 1. The Labute approximate surface area is 191 Å². The first-order valence-electron chi connectivity index (χ1n) is 11.0. The van der Waals surface area contributed by atoms with Crippen LogP contribution in [0.25, 0.3) is 0 Å². The van der Waals surface area contributed by atoms with Gasteiger partial charge >= 0.3 is 6.09 Å². The number of rotatable bonds is 5. The van der Waals surface area contributed by atoms with Gasteiger partial charge in [-0.1, -0.05) is 23.8 Å². The van der Waals surface area contributed by atoms with Crippen LogP contribution < -0.4 is 4.90 Å². The zero-order valence-electron chi connectivity index (χ0n) is 19.7. The topological polar surface area (TPSA) is 79.8 Å². The third kappa shape index (κ3) is 5.13. The van der Waals surface area contributed by atoms with Gasteiger partial charge in [0.2, 0.25) is 10.0 Å². The average Bonchev–Trinajstić information content (AvgIpc) is 3.18. The summed E-state index contributed by atoms with van der Waals surface area (Å²) in [5.74, 6) is 0.438. The van der Waals surface area contributed by atoms with E-state index in [0.717, 1.165) is 12.0 Å². The van der Waals surface area contributed by atoms with Crippen LogP contribution in [0, 0.1) is 6.92 Å². The fourth-order valence-electron chi connectivity index (χ4n) is 3.91. The van der Waals surface area contributed by atoms with Gasteiger partial charge in [-0.25, -0.2) is 18.2 Å². The zero-order chi connectivity index (χ0) is 23.7. The highest BCUT2D eigenvalue weighted by atomic mass is 32.2. The Morgan fingerprint density at radius 1 is 1.19 bits per heavy atom. The Bertz CT molecular complexity index is 1060. The standard InChI is InChI=1S/C24H33N3O4S/c1-17(2)27(23(28)31-24(4,5)6)22-20(9-7-15-25-22)21-10-8-16-26(21)32(29,30)19-13-11-18(3)12-14-19/h7,9,11-15,17,21H,8,10,16H2,1-6H3. The van der Waals surface area contributed by atoms with E-state index in [1.54, 1.807) is 36.5 Å². The van der Waals surface area contributed by atoms with E-state index in [0.29, 0.717) is 24.3 Å². The largest absolute Gasteiger partial charge is 0.443 e. The van der Waals surface area contributed by atoms with Crippen molar-refractivity contribution in [1.29, 1.82) is 0 Å². The Morgan fingerprint density at radius 3 is 2.44 bits per heavy atom. The molecule has 2 aromatic rings. The molecule has 0 bridgehead atoms. The zero-order valence-corrected chi connectivity index (χ0v) is 20.5. The first-order valence-corrected chi connectivity index (χ1v) is 12.4. The van der Waals surface area contributed by atoms with Gasteiger partial charge in [-0.3, -0.25) is 4.90 Å². The Balaban J connectivity index is 2.03. The Morgan fingerprint density at radius 2 is 1.84 bits per heavy atom. The van der Waals surface area contributed by atoms with Crippen molar-refractivity contribution >= 4 is 21.9 Å². The van der Waals surface area contributed by atoms with Crippen LogP contribution in [0.3, 0.4) is 0 Å².